The Labute approximate surface area is 94.1 Å². The van der Waals surface area contributed by atoms with Gasteiger partial charge in [-0.2, -0.15) is 0 Å². The molecule has 1 unspecified atom stereocenters. The number of benzene rings is 1. The molecule has 1 aromatic carbocycles. The van der Waals surface area contributed by atoms with Gasteiger partial charge in [0.25, 0.3) is 0 Å². The first-order valence-corrected chi connectivity index (χ1v) is 5.10. The van der Waals surface area contributed by atoms with E-state index >= 15 is 0 Å². The number of ketones is 1. The number of carbonyl (C=O) groups is 2. The fraction of sp³-hybridized carbons (Fsp3) is 0.333. The number of hydrogen-bond acceptors (Lipinski definition) is 3. The summed E-state index contributed by atoms with van der Waals surface area (Å²) in [5.41, 5.74) is 4.69. The summed E-state index contributed by atoms with van der Waals surface area (Å²) in [6.07, 6.45) is 0.0454. The zero-order valence-corrected chi connectivity index (χ0v) is 9.14. The van der Waals surface area contributed by atoms with E-state index in [4.69, 9.17) is 10.8 Å². The highest BCUT2D eigenvalue weighted by Crippen LogP contribution is 2.16. The van der Waals surface area contributed by atoms with Gasteiger partial charge in [-0.05, 0) is 6.42 Å². The molecule has 86 valence electrons. The zero-order valence-electron chi connectivity index (χ0n) is 9.14. The maximum Gasteiger partial charge on any atom is 0.324 e. The summed E-state index contributed by atoms with van der Waals surface area (Å²) in [5, 5.41) is 8.95. The van der Waals surface area contributed by atoms with Gasteiger partial charge in [-0.25, -0.2) is 0 Å². The van der Waals surface area contributed by atoms with Crippen LogP contribution in [0.4, 0.5) is 0 Å². The van der Waals surface area contributed by atoms with Gasteiger partial charge in [-0.1, -0.05) is 37.3 Å². The lowest BCUT2D eigenvalue weighted by atomic mass is 9.89. The van der Waals surface area contributed by atoms with Crippen LogP contribution in [-0.4, -0.2) is 22.4 Å². The molecule has 0 fully saturated rings. The summed E-state index contributed by atoms with van der Waals surface area (Å²) in [6.45, 7) is 1.66. The number of carbonyl (C=O) groups excluding carboxylic acids is 1. The molecule has 0 heterocycles. The largest absolute Gasteiger partial charge is 0.480 e. The molecule has 0 saturated carbocycles. The summed E-state index contributed by atoms with van der Waals surface area (Å²) < 4.78 is 0. The van der Waals surface area contributed by atoms with Gasteiger partial charge in [-0.3, -0.25) is 9.59 Å². The van der Waals surface area contributed by atoms with Crippen molar-refractivity contribution in [1.29, 1.82) is 0 Å². The standard InChI is InChI=1S/C12H15NO3/c1-2-12(13,11(15)16)8-10(14)9-6-4-3-5-7-9/h3-7H,2,8,13H2,1H3,(H,15,16). The Balaban J connectivity index is 2.82. The Morgan fingerprint density at radius 2 is 1.88 bits per heavy atom. The number of aliphatic carboxylic acids is 1. The third kappa shape index (κ3) is 2.67. The second kappa shape index (κ2) is 4.90. The van der Waals surface area contributed by atoms with Crippen molar-refractivity contribution in [3.63, 3.8) is 0 Å². The van der Waals surface area contributed by atoms with Gasteiger partial charge in [0, 0.05) is 12.0 Å². The second-order valence-corrected chi connectivity index (χ2v) is 3.78. The summed E-state index contributed by atoms with van der Waals surface area (Å²) >= 11 is 0. The van der Waals surface area contributed by atoms with E-state index in [2.05, 4.69) is 0 Å². The number of Topliss-reactive ketones (excluding diaryl/α,β-unsaturated/α-hetero) is 1. The van der Waals surface area contributed by atoms with Gasteiger partial charge in [0.05, 0.1) is 0 Å². The molecular weight excluding hydrogens is 206 g/mol. The minimum absolute atomic E-state index is 0.178. The molecule has 4 heteroatoms. The van der Waals surface area contributed by atoms with E-state index in [1.54, 1.807) is 37.3 Å². The molecule has 16 heavy (non-hydrogen) atoms. The first-order chi connectivity index (χ1) is 7.49. The van der Waals surface area contributed by atoms with Gasteiger partial charge < -0.3 is 10.8 Å². The summed E-state index contributed by atoms with van der Waals surface area (Å²) in [4.78, 5) is 22.7. The quantitative estimate of drug-likeness (QED) is 0.737. The molecule has 0 bridgehead atoms. The zero-order chi connectivity index (χ0) is 12.2. The van der Waals surface area contributed by atoms with E-state index in [1.807, 2.05) is 0 Å². The van der Waals surface area contributed by atoms with Crippen LogP contribution in [0.5, 0.6) is 0 Å². The number of carboxylic acids is 1. The van der Waals surface area contributed by atoms with Crippen LogP contribution in [0, 0.1) is 0 Å². The monoisotopic (exact) mass is 221 g/mol. The number of rotatable bonds is 5. The van der Waals surface area contributed by atoms with E-state index in [0.29, 0.717) is 5.56 Å². The van der Waals surface area contributed by atoms with Crippen molar-refractivity contribution in [2.24, 2.45) is 5.73 Å². The van der Waals surface area contributed by atoms with Gasteiger partial charge in [0.2, 0.25) is 0 Å². The van der Waals surface area contributed by atoms with Crippen LogP contribution in [-0.2, 0) is 4.79 Å². The van der Waals surface area contributed by atoms with Gasteiger partial charge in [0.1, 0.15) is 5.54 Å². The predicted molar refractivity (Wildman–Crippen MR) is 60.2 cm³/mol. The molecule has 0 aliphatic rings. The molecule has 0 aliphatic heterocycles. The molecule has 0 aromatic heterocycles. The molecule has 0 saturated heterocycles. The topological polar surface area (TPSA) is 80.4 Å². The average molecular weight is 221 g/mol. The van der Waals surface area contributed by atoms with Crippen molar-refractivity contribution in [3.8, 4) is 0 Å². The Morgan fingerprint density at radius 3 is 2.31 bits per heavy atom. The highest BCUT2D eigenvalue weighted by molar-refractivity contribution is 5.99. The second-order valence-electron chi connectivity index (χ2n) is 3.78. The van der Waals surface area contributed by atoms with E-state index in [1.165, 1.54) is 0 Å². The lowest BCUT2D eigenvalue weighted by molar-refractivity contribution is -0.143. The Bertz CT molecular complexity index is 389. The third-order valence-electron chi connectivity index (χ3n) is 2.63. The van der Waals surface area contributed by atoms with Crippen LogP contribution in [0.3, 0.4) is 0 Å². The lowest BCUT2D eigenvalue weighted by Gasteiger charge is -2.21. The van der Waals surface area contributed by atoms with Crippen molar-refractivity contribution in [1.82, 2.24) is 0 Å². The van der Waals surface area contributed by atoms with Crippen LogP contribution in [0.25, 0.3) is 0 Å². The van der Waals surface area contributed by atoms with Crippen LogP contribution >= 0.6 is 0 Å². The molecular formula is C12H15NO3. The van der Waals surface area contributed by atoms with E-state index < -0.39 is 11.5 Å². The van der Waals surface area contributed by atoms with Crippen molar-refractivity contribution < 1.29 is 14.7 Å². The number of hydrogen-bond donors (Lipinski definition) is 2. The van der Waals surface area contributed by atoms with Crippen LogP contribution < -0.4 is 5.73 Å². The van der Waals surface area contributed by atoms with Crippen molar-refractivity contribution >= 4 is 11.8 Å². The maximum atomic E-state index is 11.8. The molecule has 4 nitrogen and oxygen atoms in total. The molecule has 0 amide bonds. The maximum absolute atomic E-state index is 11.8. The lowest BCUT2D eigenvalue weighted by Crippen LogP contribution is -2.49. The van der Waals surface area contributed by atoms with Gasteiger partial charge in [-0.15, -0.1) is 0 Å². The van der Waals surface area contributed by atoms with Crippen LogP contribution in [0.1, 0.15) is 30.1 Å². The van der Waals surface area contributed by atoms with Crippen molar-refractivity contribution in [2.45, 2.75) is 25.3 Å². The Hall–Kier alpha value is -1.68. The first-order valence-electron chi connectivity index (χ1n) is 5.10. The van der Waals surface area contributed by atoms with Gasteiger partial charge in [0.15, 0.2) is 5.78 Å². The Morgan fingerprint density at radius 1 is 1.31 bits per heavy atom. The summed E-state index contributed by atoms with van der Waals surface area (Å²) in [7, 11) is 0. The Kier molecular flexibility index (Phi) is 3.79. The van der Waals surface area contributed by atoms with Crippen molar-refractivity contribution in [2.75, 3.05) is 0 Å². The molecule has 1 rings (SSSR count). The molecule has 1 atom stereocenters. The first kappa shape index (κ1) is 12.4. The minimum atomic E-state index is -1.47. The third-order valence-corrected chi connectivity index (χ3v) is 2.63. The molecule has 3 N–H and O–H groups in total. The summed E-state index contributed by atoms with van der Waals surface area (Å²) in [5.74, 6) is -1.38. The normalized spacial score (nSPS) is 14.1. The summed E-state index contributed by atoms with van der Waals surface area (Å²) in [6, 6.07) is 8.57. The molecule has 0 spiro atoms. The fourth-order valence-electron chi connectivity index (χ4n) is 1.36. The van der Waals surface area contributed by atoms with Crippen LogP contribution in [0.2, 0.25) is 0 Å². The van der Waals surface area contributed by atoms with Gasteiger partial charge >= 0.3 is 5.97 Å². The van der Waals surface area contributed by atoms with Crippen LogP contribution in [0.15, 0.2) is 30.3 Å². The van der Waals surface area contributed by atoms with Crippen molar-refractivity contribution in [3.05, 3.63) is 35.9 Å². The molecule has 0 aliphatic carbocycles. The fourth-order valence-corrected chi connectivity index (χ4v) is 1.36. The molecule has 1 aromatic rings. The smallest absolute Gasteiger partial charge is 0.324 e. The highest BCUT2D eigenvalue weighted by atomic mass is 16.4. The average Bonchev–Trinajstić information content (AvgIpc) is 2.29. The SMILES string of the molecule is CCC(N)(CC(=O)c1ccccc1)C(=O)O. The number of nitrogens with two attached hydrogens (primary N) is 1. The van der Waals surface area contributed by atoms with E-state index in [-0.39, 0.29) is 18.6 Å². The minimum Gasteiger partial charge on any atom is -0.480 e. The highest BCUT2D eigenvalue weighted by Gasteiger charge is 2.34. The van der Waals surface area contributed by atoms with E-state index in [0.717, 1.165) is 0 Å². The number of carboxylic acid groups (broad SMARTS) is 1. The molecule has 0 radical (unpaired) electrons. The predicted octanol–water partition coefficient (Wildman–Crippen LogP) is 1.45. The van der Waals surface area contributed by atoms with E-state index in [9.17, 15) is 9.59 Å².